The second-order valence-corrected chi connectivity index (χ2v) is 7.37. The van der Waals surface area contributed by atoms with E-state index in [0.29, 0.717) is 12.2 Å². The van der Waals surface area contributed by atoms with Crippen molar-refractivity contribution >= 4 is 16.1 Å². The molecule has 1 aromatic rings. The highest BCUT2D eigenvalue weighted by molar-refractivity contribution is 7.89. The smallest absolute Gasteiger partial charge is 0.410 e. The van der Waals surface area contributed by atoms with Crippen molar-refractivity contribution in [3.63, 3.8) is 0 Å². The summed E-state index contributed by atoms with van der Waals surface area (Å²) in [7, 11) is -3.44. The van der Waals surface area contributed by atoms with Gasteiger partial charge in [0.05, 0.1) is 31.2 Å². The second kappa shape index (κ2) is 4.22. The van der Waals surface area contributed by atoms with Gasteiger partial charge in [0, 0.05) is 5.56 Å². The first-order valence-corrected chi connectivity index (χ1v) is 7.67. The van der Waals surface area contributed by atoms with Crippen LogP contribution < -0.4 is 0 Å². The Labute approximate surface area is 112 Å². The number of hydrogen-bond acceptors (Lipinski definition) is 5. The lowest BCUT2D eigenvalue weighted by Gasteiger charge is -2.24. The number of hydrogen-bond donors (Lipinski definition) is 0. The van der Waals surface area contributed by atoms with Gasteiger partial charge in [-0.25, -0.2) is 13.2 Å². The summed E-state index contributed by atoms with van der Waals surface area (Å²) in [5, 5.41) is 3.83. The molecule has 1 aromatic heterocycles. The minimum atomic E-state index is -3.44. The van der Waals surface area contributed by atoms with E-state index in [1.807, 2.05) is 0 Å². The summed E-state index contributed by atoms with van der Waals surface area (Å²) >= 11 is 0. The Hall–Kier alpha value is -1.57. The molecule has 0 spiro atoms. The molecule has 2 heterocycles. The van der Waals surface area contributed by atoms with Gasteiger partial charge in [0.2, 0.25) is 0 Å². The van der Waals surface area contributed by atoms with Gasteiger partial charge in [-0.05, 0) is 20.8 Å². The van der Waals surface area contributed by atoms with Crippen LogP contribution in [0.5, 0.6) is 0 Å². The molecule has 0 fully saturated rings. The zero-order chi connectivity index (χ0) is 14.4. The van der Waals surface area contributed by atoms with Crippen LogP contribution in [0, 0.1) is 0 Å². The molecule has 1 aliphatic heterocycles. The van der Waals surface area contributed by atoms with Crippen LogP contribution in [0.2, 0.25) is 0 Å². The zero-order valence-corrected chi connectivity index (χ0v) is 12.2. The predicted molar refractivity (Wildman–Crippen MR) is 67.9 cm³/mol. The molecule has 1 amide bonds. The molecule has 0 aliphatic carbocycles. The maximum absolute atomic E-state index is 11.9. The third-order valence-corrected chi connectivity index (χ3v) is 3.53. The van der Waals surface area contributed by atoms with Crippen molar-refractivity contribution in [2.45, 2.75) is 39.5 Å². The monoisotopic (exact) mass is 287 g/mol. The molecule has 106 valence electrons. The summed E-state index contributed by atoms with van der Waals surface area (Å²) in [5.74, 6) is 0. The molecule has 2 rings (SSSR count). The first-order valence-electron chi connectivity index (χ1n) is 5.82. The van der Waals surface area contributed by atoms with Gasteiger partial charge in [-0.3, -0.25) is 4.90 Å². The van der Waals surface area contributed by atoms with Crippen LogP contribution >= 0.6 is 0 Å². The molecule has 1 aliphatic rings. The van der Waals surface area contributed by atoms with E-state index in [4.69, 9.17) is 4.74 Å². The van der Waals surface area contributed by atoms with Crippen molar-refractivity contribution < 1.29 is 17.9 Å². The minimum Gasteiger partial charge on any atom is -0.444 e. The molecule has 8 heteroatoms. The Morgan fingerprint density at radius 1 is 1.37 bits per heavy atom. The molecular formula is C11H17N3O4S. The summed E-state index contributed by atoms with van der Waals surface area (Å²) in [4.78, 5) is 13.4. The van der Waals surface area contributed by atoms with Crippen LogP contribution in [0.3, 0.4) is 0 Å². The molecule has 0 saturated heterocycles. The molecule has 0 radical (unpaired) electrons. The largest absolute Gasteiger partial charge is 0.444 e. The molecule has 0 aromatic carbocycles. The normalized spacial score (nSPS) is 15.5. The van der Waals surface area contributed by atoms with Crippen molar-refractivity contribution in [2.24, 2.45) is 0 Å². The standard InChI is InChI=1S/C11H17N3O4S/c1-11(2,3)18-10(15)13-6-8-5-12-14(9(8)7-13)19(4,16)17/h5H,6-7H2,1-4H3. The first-order chi connectivity index (χ1) is 8.58. The molecule has 7 nitrogen and oxygen atoms in total. The third kappa shape index (κ3) is 2.89. The van der Waals surface area contributed by atoms with Crippen molar-refractivity contribution in [1.29, 1.82) is 0 Å². The Morgan fingerprint density at radius 2 is 2.00 bits per heavy atom. The fraction of sp³-hybridized carbons (Fsp3) is 0.636. The first kappa shape index (κ1) is 13.9. The maximum atomic E-state index is 11.9. The van der Waals surface area contributed by atoms with E-state index in [1.54, 1.807) is 20.8 Å². The van der Waals surface area contributed by atoms with E-state index in [9.17, 15) is 13.2 Å². The highest BCUT2D eigenvalue weighted by atomic mass is 32.2. The summed E-state index contributed by atoms with van der Waals surface area (Å²) < 4.78 is 29.3. The molecule has 0 unspecified atom stereocenters. The van der Waals surface area contributed by atoms with Gasteiger partial charge in [-0.1, -0.05) is 0 Å². The van der Waals surface area contributed by atoms with Crippen molar-refractivity contribution in [2.75, 3.05) is 6.26 Å². The van der Waals surface area contributed by atoms with Gasteiger partial charge in [0.1, 0.15) is 5.60 Å². The lowest BCUT2D eigenvalue weighted by Crippen LogP contribution is -2.34. The number of carbonyl (C=O) groups excluding carboxylic acids is 1. The summed E-state index contributed by atoms with van der Waals surface area (Å²) in [6.07, 6.45) is 2.10. The van der Waals surface area contributed by atoms with Crippen LogP contribution in [-0.4, -0.2) is 40.5 Å². The van der Waals surface area contributed by atoms with Crippen LogP contribution in [-0.2, 0) is 27.8 Å². The van der Waals surface area contributed by atoms with E-state index < -0.39 is 21.7 Å². The fourth-order valence-corrected chi connectivity index (χ4v) is 2.66. The number of aromatic nitrogens is 2. The van der Waals surface area contributed by atoms with E-state index in [0.717, 1.165) is 15.9 Å². The van der Waals surface area contributed by atoms with Gasteiger partial charge in [0.25, 0.3) is 10.0 Å². The average molecular weight is 287 g/mol. The summed E-state index contributed by atoms with van der Waals surface area (Å²) in [6, 6.07) is 0. The summed E-state index contributed by atoms with van der Waals surface area (Å²) in [5.41, 5.74) is 0.680. The Kier molecular flexibility index (Phi) is 3.08. The lowest BCUT2D eigenvalue weighted by molar-refractivity contribution is 0.0239. The fourth-order valence-electron chi connectivity index (χ4n) is 1.87. The molecule has 0 bridgehead atoms. The average Bonchev–Trinajstić information content (AvgIpc) is 2.68. The van der Waals surface area contributed by atoms with Crippen LogP contribution in [0.1, 0.15) is 32.0 Å². The number of nitrogens with zero attached hydrogens (tertiary/aromatic N) is 3. The number of carbonyl (C=O) groups is 1. The Morgan fingerprint density at radius 3 is 2.53 bits per heavy atom. The SMILES string of the molecule is CC(C)(C)OC(=O)N1Cc2cnn(S(C)(=O)=O)c2C1. The highest BCUT2D eigenvalue weighted by Gasteiger charge is 2.32. The van der Waals surface area contributed by atoms with Gasteiger partial charge in [-0.15, -0.1) is 0 Å². The van der Waals surface area contributed by atoms with E-state index in [-0.39, 0.29) is 6.54 Å². The molecule has 0 saturated carbocycles. The topological polar surface area (TPSA) is 81.5 Å². The van der Waals surface area contributed by atoms with Gasteiger partial charge in [-0.2, -0.15) is 9.19 Å². The minimum absolute atomic E-state index is 0.192. The van der Waals surface area contributed by atoms with Crippen molar-refractivity contribution in [3.8, 4) is 0 Å². The van der Waals surface area contributed by atoms with Gasteiger partial charge in [0.15, 0.2) is 0 Å². The number of ether oxygens (including phenoxy) is 1. The van der Waals surface area contributed by atoms with Crippen LogP contribution in [0.15, 0.2) is 6.20 Å². The molecule has 0 atom stereocenters. The van der Waals surface area contributed by atoms with Gasteiger partial charge >= 0.3 is 6.09 Å². The van der Waals surface area contributed by atoms with Gasteiger partial charge < -0.3 is 4.74 Å². The molecular weight excluding hydrogens is 270 g/mol. The van der Waals surface area contributed by atoms with Crippen LogP contribution in [0.25, 0.3) is 0 Å². The Bertz CT molecular complexity index is 612. The lowest BCUT2D eigenvalue weighted by atomic mass is 10.2. The van der Waals surface area contributed by atoms with E-state index >= 15 is 0 Å². The maximum Gasteiger partial charge on any atom is 0.410 e. The predicted octanol–water partition coefficient (Wildman–Crippen LogP) is 0.941. The van der Waals surface area contributed by atoms with E-state index in [2.05, 4.69) is 5.10 Å². The number of amides is 1. The second-order valence-electron chi connectivity index (χ2n) is 5.56. The van der Waals surface area contributed by atoms with Crippen LogP contribution in [0.4, 0.5) is 4.79 Å². The highest BCUT2D eigenvalue weighted by Crippen LogP contribution is 2.25. The van der Waals surface area contributed by atoms with Crippen molar-refractivity contribution in [1.82, 2.24) is 14.1 Å². The third-order valence-electron chi connectivity index (χ3n) is 2.59. The molecule has 0 N–H and O–H groups in total. The quantitative estimate of drug-likeness (QED) is 0.768. The zero-order valence-electron chi connectivity index (χ0n) is 11.4. The van der Waals surface area contributed by atoms with Crippen molar-refractivity contribution in [3.05, 3.63) is 17.5 Å². The van der Waals surface area contributed by atoms with E-state index in [1.165, 1.54) is 11.1 Å². The number of fused-ring (bicyclic) bond motifs is 1. The molecule has 19 heavy (non-hydrogen) atoms. The summed E-state index contributed by atoms with van der Waals surface area (Å²) in [6.45, 7) is 5.86. The number of rotatable bonds is 1. The Balaban J connectivity index is 2.18.